The van der Waals surface area contributed by atoms with Gasteiger partial charge in [-0.05, 0) is 106 Å². The predicted octanol–water partition coefficient (Wildman–Crippen LogP) is 5.02. The summed E-state index contributed by atoms with van der Waals surface area (Å²) in [6, 6.07) is 14.6. The van der Waals surface area contributed by atoms with Gasteiger partial charge >= 0.3 is 0 Å². The van der Waals surface area contributed by atoms with E-state index in [0.29, 0.717) is 30.4 Å². The van der Waals surface area contributed by atoms with E-state index in [4.69, 9.17) is 15.2 Å². The van der Waals surface area contributed by atoms with Gasteiger partial charge in [-0.15, -0.1) is 0 Å². The summed E-state index contributed by atoms with van der Waals surface area (Å²) in [5, 5.41) is 3.02. The lowest BCUT2D eigenvalue weighted by molar-refractivity contribution is 0.0950. The number of anilines is 1. The standard InChI is InChI=1S/C33H44N4O4/c1-6-37(27-11-9-26(34)10-12-27)31-19-25(24-7-13-28(14-8-24)41-16-15-40-5)18-29(23(31)4)32(38)35-20-30-21(2)17-22(3)36-33(30)39/h7-8,13-14,17-19,26-27H,6,9-12,15-16,20,34H2,1-5H3,(H,35,38)(H,36,39). The van der Waals surface area contributed by atoms with Gasteiger partial charge in [-0.2, -0.15) is 0 Å². The quantitative estimate of drug-likeness (QED) is 0.284. The minimum atomic E-state index is -0.203. The van der Waals surface area contributed by atoms with Crippen molar-refractivity contribution in [2.75, 3.05) is 31.8 Å². The Kier molecular flexibility index (Phi) is 10.2. The van der Waals surface area contributed by atoms with E-state index in [2.05, 4.69) is 28.2 Å². The van der Waals surface area contributed by atoms with E-state index in [0.717, 1.165) is 71.6 Å². The number of methoxy groups -OCH3 is 1. The van der Waals surface area contributed by atoms with Gasteiger partial charge in [-0.1, -0.05) is 12.1 Å². The fraction of sp³-hybridized carbons (Fsp3) is 0.455. The monoisotopic (exact) mass is 560 g/mol. The van der Waals surface area contributed by atoms with E-state index in [1.807, 2.05) is 57.2 Å². The van der Waals surface area contributed by atoms with Gasteiger partial charge in [0, 0.05) is 54.8 Å². The molecule has 1 heterocycles. The predicted molar refractivity (Wildman–Crippen MR) is 165 cm³/mol. The van der Waals surface area contributed by atoms with Gasteiger partial charge in [0.2, 0.25) is 0 Å². The van der Waals surface area contributed by atoms with Crippen LogP contribution in [0.3, 0.4) is 0 Å². The molecule has 0 unspecified atom stereocenters. The molecule has 0 aliphatic heterocycles. The van der Waals surface area contributed by atoms with E-state index in [9.17, 15) is 9.59 Å². The molecular weight excluding hydrogens is 516 g/mol. The number of carbonyl (C=O) groups is 1. The summed E-state index contributed by atoms with van der Waals surface area (Å²) >= 11 is 0. The lowest BCUT2D eigenvalue weighted by atomic mass is 9.89. The molecule has 1 saturated carbocycles. The highest BCUT2D eigenvalue weighted by Gasteiger charge is 2.26. The molecule has 0 saturated heterocycles. The molecule has 3 aromatic rings. The van der Waals surface area contributed by atoms with Crippen LogP contribution in [0.15, 0.2) is 47.3 Å². The van der Waals surface area contributed by atoms with E-state index in [1.54, 1.807) is 7.11 Å². The van der Waals surface area contributed by atoms with Crippen molar-refractivity contribution in [1.82, 2.24) is 10.3 Å². The van der Waals surface area contributed by atoms with Gasteiger partial charge in [0.25, 0.3) is 11.5 Å². The van der Waals surface area contributed by atoms with E-state index in [-0.39, 0.29) is 24.1 Å². The number of rotatable bonds is 11. The first kappa shape index (κ1) is 30.3. The van der Waals surface area contributed by atoms with Crippen molar-refractivity contribution in [3.8, 4) is 16.9 Å². The van der Waals surface area contributed by atoms with Crippen LogP contribution in [0.4, 0.5) is 5.69 Å². The molecule has 1 aliphatic rings. The number of hydrogen-bond acceptors (Lipinski definition) is 6. The average molecular weight is 561 g/mol. The fourth-order valence-corrected chi connectivity index (χ4v) is 5.79. The molecular formula is C33H44N4O4. The Morgan fingerprint density at radius 2 is 1.73 bits per heavy atom. The Morgan fingerprint density at radius 1 is 1.02 bits per heavy atom. The summed E-state index contributed by atoms with van der Waals surface area (Å²) in [4.78, 5) is 31.5. The third-order valence-electron chi connectivity index (χ3n) is 8.12. The highest BCUT2D eigenvalue weighted by atomic mass is 16.5. The Labute approximate surface area is 243 Å². The minimum Gasteiger partial charge on any atom is -0.491 e. The van der Waals surface area contributed by atoms with Crippen LogP contribution in [0.25, 0.3) is 11.1 Å². The molecule has 2 aromatic carbocycles. The second-order valence-corrected chi connectivity index (χ2v) is 11.0. The number of H-pyrrole nitrogens is 1. The Hall–Kier alpha value is -3.62. The molecule has 4 rings (SSSR count). The highest BCUT2D eigenvalue weighted by molar-refractivity contribution is 5.99. The second-order valence-electron chi connectivity index (χ2n) is 11.0. The largest absolute Gasteiger partial charge is 0.491 e. The van der Waals surface area contributed by atoms with Crippen LogP contribution in [-0.2, 0) is 11.3 Å². The first-order valence-electron chi connectivity index (χ1n) is 14.6. The molecule has 8 heteroatoms. The summed E-state index contributed by atoms with van der Waals surface area (Å²) < 4.78 is 10.8. The Bertz CT molecular complexity index is 1390. The number of carbonyl (C=O) groups excluding carboxylic acids is 1. The Morgan fingerprint density at radius 3 is 2.37 bits per heavy atom. The molecule has 1 amide bonds. The third kappa shape index (κ3) is 7.37. The maximum atomic E-state index is 13.7. The first-order valence-corrected chi connectivity index (χ1v) is 14.6. The van der Waals surface area contributed by atoms with Crippen molar-refractivity contribution >= 4 is 11.6 Å². The highest BCUT2D eigenvalue weighted by Crippen LogP contribution is 2.35. The number of nitrogens with one attached hydrogen (secondary N) is 2. The van der Waals surface area contributed by atoms with Crippen LogP contribution in [-0.4, -0.2) is 49.8 Å². The second kappa shape index (κ2) is 13.8. The van der Waals surface area contributed by atoms with Crippen LogP contribution in [0.2, 0.25) is 0 Å². The van der Waals surface area contributed by atoms with Gasteiger partial charge in [0.05, 0.1) is 6.61 Å². The number of aryl methyl sites for hydroxylation is 2. The minimum absolute atomic E-state index is 0.158. The number of amides is 1. The number of aromatic amines is 1. The smallest absolute Gasteiger partial charge is 0.253 e. The normalized spacial score (nSPS) is 16.8. The lowest BCUT2D eigenvalue weighted by Crippen LogP contribution is -2.41. The summed E-state index contributed by atoms with van der Waals surface area (Å²) in [6.45, 7) is 9.92. The number of nitrogens with two attached hydrogens (primary N) is 1. The lowest BCUT2D eigenvalue weighted by Gasteiger charge is -2.38. The van der Waals surface area contributed by atoms with Gasteiger partial charge in [-0.3, -0.25) is 9.59 Å². The number of hydrogen-bond donors (Lipinski definition) is 3. The molecule has 0 bridgehead atoms. The van der Waals surface area contributed by atoms with E-state index >= 15 is 0 Å². The molecule has 0 radical (unpaired) electrons. The van der Waals surface area contributed by atoms with E-state index in [1.165, 1.54) is 0 Å². The molecule has 8 nitrogen and oxygen atoms in total. The fourth-order valence-electron chi connectivity index (χ4n) is 5.79. The number of nitrogens with zero attached hydrogens (tertiary/aromatic N) is 1. The summed E-state index contributed by atoms with van der Waals surface area (Å²) in [6.07, 6.45) is 4.07. The van der Waals surface area contributed by atoms with Gasteiger partial charge in [0.15, 0.2) is 0 Å². The van der Waals surface area contributed by atoms with Crippen molar-refractivity contribution in [3.05, 3.63) is 80.8 Å². The van der Waals surface area contributed by atoms with Crippen LogP contribution in [0, 0.1) is 20.8 Å². The zero-order valence-electron chi connectivity index (χ0n) is 25.0. The van der Waals surface area contributed by atoms with E-state index < -0.39 is 0 Å². The van der Waals surface area contributed by atoms with Crippen molar-refractivity contribution in [3.63, 3.8) is 0 Å². The molecule has 0 atom stereocenters. The van der Waals surface area contributed by atoms with Crippen LogP contribution < -0.4 is 26.2 Å². The van der Waals surface area contributed by atoms with Crippen molar-refractivity contribution < 1.29 is 14.3 Å². The number of ether oxygens (including phenoxy) is 2. The SMILES string of the molecule is CCN(c1cc(-c2ccc(OCCOC)cc2)cc(C(=O)NCc2c(C)cc(C)[nH]c2=O)c1C)C1CCC(N)CC1. The van der Waals surface area contributed by atoms with Gasteiger partial charge in [0.1, 0.15) is 12.4 Å². The van der Waals surface area contributed by atoms with Gasteiger partial charge in [-0.25, -0.2) is 0 Å². The molecule has 1 fully saturated rings. The maximum absolute atomic E-state index is 13.7. The van der Waals surface area contributed by atoms with Crippen LogP contribution >= 0.6 is 0 Å². The van der Waals surface area contributed by atoms with Crippen LogP contribution in [0.5, 0.6) is 5.75 Å². The average Bonchev–Trinajstić information content (AvgIpc) is 2.95. The topological polar surface area (TPSA) is 110 Å². The summed E-state index contributed by atoms with van der Waals surface area (Å²) in [7, 11) is 1.65. The molecule has 220 valence electrons. The van der Waals surface area contributed by atoms with Crippen LogP contribution in [0.1, 0.15) is 65.3 Å². The van der Waals surface area contributed by atoms with Gasteiger partial charge < -0.3 is 30.4 Å². The molecule has 0 spiro atoms. The molecule has 41 heavy (non-hydrogen) atoms. The molecule has 1 aromatic heterocycles. The Balaban J connectivity index is 1.69. The third-order valence-corrected chi connectivity index (χ3v) is 8.12. The van der Waals surface area contributed by atoms with Crippen molar-refractivity contribution in [2.45, 2.75) is 72.0 Å². The number of pyridine rings is 1. The number of benzene rings is 2. The van der Waals surface area contributed by atoms with Crippen molar-refractivity contribution in [2.24, 2.45) is 5.73 Å². The first-order chi connectivity index (χ1) is 19.7. The zero-order valence-corrected chi connectivity index (χ0v) is 25.0. The number of aromatic nitrogens is 1. The molecule has 4 N–H and O–H groups in total. The molecule has 1 aliphatic carbocycles. The summed E-state index contributed by atoms with van der Waals surface area (Å²) in [5.41, 5.74) is 12.8. The van der Waals surface area contributed by atoms with Crippen molar-refractivity contribution in [1.29, 1.82) is 0 Å². The summed E-state index contributed by atoms with van der Waals surface area (Å²) in [5.74, 6) is 0.565. The maximum Gasteiger partial charge on any atom is 0.253 e. The zero-order chi connectivity index (χ0) is 29.5.